The first kappa shape index (κ1) is 13.2. The Labute approximate surface area is 116 Å². The van der Waals surface area contributed by atoms with E-state index in [0.717, 1.165) is 21.7 Å². The fourth-order valence-corrected chi connectivity index (χ4v) is 2.81. The molecule has 2 atom stereocenters. The summed E-state index contributed by atoms with van der Waals surface area (Å²) in [5.74, 6) is 0. The van der Waals surface area contributed by atoms with E-state index in [1.54, 1.807) is 0 Å². The van der Waals surface area contributed by atoms with Crippen LogP contribution in [0.5, 0.6) is 0 Å². The maximum atomic E-state index is 6.09. The van der Waals surface area contributed by atoms with Crippen molar-refractivity contribution in [2.45, 2.75) is 31.8 Å². The van der Waals surface area contributed by atoms with Gasteiger partial charge in [0.15, 0.2) is 0 Å². The molecular formula is C13H18BrClN2. The van der Waals surface area contributed by atoms with Gasteiger partial charge in [0.2, 0.25) is 0 Å². The lowest BCUT2D eigenvalue weighted by atomic mass is 9.99. The zero-order valence-electron chi connectivity index (χ0n) is 10.2. The van der Waals surface area contributed by atoms with E-state index in [1.165, 1.54) is 12.8 Å². The molecule has 94 valence electrons. The number of benzene rings is 1. The number of likely N-dealkylation sites (tertiary alicyclic amines) is 1. The normalized spacial score (nSPS) is 25.9. The molecule has 2 unspecified atom stereocenters. The molecule has 1 aliphatic heterocycles. The molecule has 0 saturated carbocycles. The van der Waals surface area contributed by atoms with Gasteiger partial charge in [0.25, 0.3) is 0 Å². The third kappa shape index (κ3) is 3.15. The zero-order chi connectivity index (χ0) is 12.4. The molecule has 4 heteroatoms. The van der Waals surface area contributed by atoms with Gasteiger partial charge >= 0.3 is 0 Å². The van der Waals surface area contributed by atoms with Crippen LogP contribution in [0, 0.1) is 0 Å². The van der Waals surface area contributed by atoms with E-state index < -0.39 is 0 Å². The highest BCUT2D eigenvalue weighted by Gasteiger charge is 2.23. The standard InChI is InChI=1S/C13H18BrClN2/c1-9-8-10(6-7-17(9)2)16-12-5-3-4-11(15)13(12)14/h3-5,9-10,16H,6-8H2,1-2H3. The lowest BCUT2D eigenvalue weighted by Crippen LogP contribution is -2.42. The van der Waals surface area contributed by atoms with Crippen molar-refractivity contribution in [3.8, 4) is 0 Å². The maximum Gasteiger partial charge on any atom is 0.0593 e. The van der Waals surface area contributed by atoms with Crippen molar-refractivity contribution in [3.63, 3.8) is 0 Å². The van der Waals surface area contributed by atoms with Crippen LogP contribution < -0.4 is 5.32 Å². The monoisotopic (exact) mass is 316 g/mol. The van der Waals surface area contributed by atoms with Crippen LogP contribution in [-0.2, 0) is 0 Å². The molecule has 2 rings (SSSR count). The number of halogens is 2. The van der Waals surface area contributed by atoms with Crippen molar-refractivity contribution in [2.24, 2.45) is 0 Å². The van der Waals surface area contributed by atoms with Crippen LogP contribution in [0.4, 0.5) is 5.69 Å². The van der Waals surface area contributed by atoms with Gasteiger partial charge in [0.1, 0.15) is 0 Å². The number of hydrogen-bond acceptors (Lipinski definition) is 2. The number of nitrogens with one attached hydrogen (secondary N) is 1. The lowest BCUT2D eigenvalue weighted by Gasteiger charge is -2.36. The van der Waals surface area contributed by atoms with Crippen molar-refractivity contribution in [3.05, 3.63) is 27.7 Å². The van der Waals surface area contributed by atoms with Gasteiger partial charge in [-0.15, -0.1) is 0 Å². The minimum absolute atomic E-state index is 0.538. The topological polar surface area (TPSA) is 15.3 Å². The second kappa shape index (κ2) is 5.59. The number of piperidine rings is 1. The summed E-state index contributed by atoms with van der Waals surface area (Å²) >= 11 is 9.62. The van der Waals surface area contributed by atoms with Crippen LogP contribution in [0.2, 0.25) is 5.02 Å². The third-order valence-corrected chi connectivity index (χ3v) is 4.92. The smallest absolute Gasteiger partial charge is 0.0593 e. The zero-order valence-corrected chi connectivity index (χ0v) is 12.6. The van der Waals surface area contributed by atoms with Gasteiger partial charge < -0.3 is 10.2 Å². The number of rotatable bonds is 2. The third-order valence-electron chi connectivity index (χ3n) is 3.52. The van der Waals surface area contributed by atoms with Crippen LogP contribution in [0.15, 0.2) is 22.7 Å². The molecule has 1 fully saturated rings. The van der Waals surface area contributed by atoms with Crippen molar-refractivity contribution in [2.75, 3.05) is 18.9 Å². The first-order valence-corrected chi connectivity index (χ1v) is 7.16. The molecule has 17 heavy (non-hydrogen) atoms. The predicted octanol–water partition coefficient (Wildman–Crippen LogP) is 4.00. The van der Waals surface area contributed by atoms with Gasteiger partial charge in [-0.25, -0.2) is 0 Å². The first-order chi connectivity index (χ1) is 8.08. The Hall–Kier alpha value is -0.250. The Balaban J connectivity index is 2.04. The molecule has 1 aromatic rings. The van der Waals surface area contributed by atoms with Gasteiger partial charge in [-0.1, -0.05) is 17.7 Å². The molecule has 1 saturated heterocycles. The van der Waals surface area contributed by atoms with E-state index in [0.29, 0.717) is 12.1 Å². The molecule has 0 amide bonds. The number of hydrogen-bond donors (Lipinski definition) is 1. The van der Waals surface area contributed by atoms with Gasteiger partial charge in [0, 0.05) is 18.6 Å². The second-order valence-corrected chi connectivity index (χ2v) is 6.00. The maximum absolute atomic E-state index is 6.09. The summed E-state index contributed by atoms with van der Waals surface area (Å²) in [5, 5.41) is 4.34. The highest BCUT2D eigenvalue weighted by atomic mass is 79.9. The molecule has 1 heterocycles. The van der Waals surface area contributed by atoms with E-state index >= 15 is 0 Å². The summed E-state index contributed by atoms with van der Waals surface area (Å²) in [6, 6.07) is 7.12. The summed E-state index contributed by atoms with van der Waals surface area (Å²) in [5.41, 5.74) is 1.10. The van der Waals surface area contributed by atoms with Crippen molar-refractivity contribution < 1.29 is 0 Å². The fraction of sp³-hybridized carbons (Fsp3) is 0.538. The molecule has 1 aliphatic rings. The summed E-state index contributed by atoms with van der Waals surface area (Å²) in [7, 11) is 2.19. The molecule has 1 aromatic carbocycles. The van der Waals surface area contributed by atoms with Crippen molar-refractivity contribution in [1.29, 1.82) is 0 Å². The van der Waals surface area contributed by atoms with Gasteiger partial charge in [-0.2, -0.15) is 0 Å². The van der Waals surface area contributed by atoms with E-state index in [2.05, 4.69) is 46.2 Å². The van der Waals surface area contributed by atoms with Gasteiger partial charge in [0.05, 0.1) is 15.2 Å². The molecule has 0 bridgehead atoms. The summed E-state index contributed by atoms with van der Waals surface area (Å²) in [6.07, 6.45) is 2.36. The largest absolute Gasteiger partial charge is 0.381 e. The van der Waals surface area contributed by atoms with Crippen molar-refractivity contribution in [1.82, 2.24) is 4.90 Å². The molecule has 0 aliphatic carbocycles. The SMILES string of the molecule is CC1CC(Nc2cccc(Cl)c2Br)CCN1C. The van der Waals surface area contributed by atoms with Crippen LogP contribution in [0.25, 0.3) is 0 Å². The van der Waals surface area contributed by atoms with E-state index in [4.69, 9.17) is 11.6 Å². The molecule has 0 aromatic heterocycles. The van der Waals surface area contributed by atoms with Crippen LogP contribution in [-0.4, -0.2) is 30.6 Å². The molecule has 0 radical (unpaired) electrons. The highest BCUT2D eigenvalue weighted by Crippen LogP contribution is 2.31. The Morgan fingerprint density at radius 3 is 2.94 bits per heavy atom. The van der Waals surface area contributed by atoms with Gasteiger partial charge in [-0.3, -0.25) is 0 Å². The second-order valence-electron chi connectivity index (χ2n) is 4.80. The molecule has 0 spiro atoms. The summed E-state index contributed by atoms with van der Waals surface area (Å²) in [4.78, 5) is 2.41. The van der Waals surface area contributed by atoms with Crippen LogP contribution in [0.1, 0.15) is 19.8 Å². The molecule has 2 nitrogen and oxygen atoms in total. The molecular weight excluding hydrogens is 300 g/mol. The minimum Gasteiger partial charge on any atom is -0.381 e. The average molecular weight is 318 g/mol. The number of anilines is 1. The van der Waals surface area contributed by atoms with Crippen LogP contribution >= 0.6 is 27.5 Å². The highest BCUT2D eigenvalue weighted by molar-refractivity contribution is 9.10. The quantitative estimate of drug-likeness (QED) is 0.887. The van der Waals surface area contributed by atoms with Crippen LogP contribution in [0.3, 0.4) is 0 Å². The molecule has 1 N–H and O–H groups in total. The predicted molar refractivity (Wildman–Crippen MR) is 77.9 cm³/mol. The summed E-state index contributed by atoms with van der Waals surface area (Å²) < 4.78 is 0.966. The fourth-order valence-electron chi connectivity index (χ4n) is 2.26. The van der Waals surface area contributed by atoms with E-state index in [-0.39, 0.29) is 0 Å². The van der Waals surface area contributed by atoms with Gasteiger partial charge in [-0.05, 0) is 54.9 Å². The Morgan fingerprint density at radius 2 is 2.24 bits per heavy atom. The Kier molecular flexibility index (Phi) is 4.34. The average Bonchev–Trinajstić information content (AvgIpc) is 2.30. The Bertz CT molecular complexity index is 397. The Morgan fingerprint density at radius 1 is 1.47 bits per heavy atom. The minimum atomic E-state index is 0.538. The first-order valence-electron chi connectivity index (χ1n) is 5.98. The lowest BCUT2D eigenvalue weighted by molar-refractivity contribution is 0.190. The number of nitrogens with zero attached hydrogens (tertiary/aromatic N) is 1. The van der Waals surface area contributed by atoms with Crippen molar-refractivity contribution >= 4 is 33.2 Å². The summed E-state index contributed by atoms with van der Waals surface area (Å²) in [6.45, 7) is 3.43. The van der Waals surface area contributed by atoms with E-state index in [9.17, 15) is 0 Å². The van der Waals surface area contributed by atoms with E-state index in [1.807, 2.05) is 12.1 Å².